The molecule has 5 nitrogen and oxygen atoms in total. The van der Waals surface area contributed by atoms with Crippen LogP contribution in [0.5, 0.6) is 0 Å². The average Bonchev–Trinajstić information content (AvgIpc) is 2.91. The molecule has 0 bridgehead atoms. The van der Waals surface area contributed by atoms with E-state index in [1.54, 1.807) is 31.3 Å². The van der Waals surface area contributed by atoms with Gasteiger partial charge in [-0.05, 0) is 37.3 Å². The first kappa shape index (κ1) is 16.3. The monoisotopic (exact) mass is 386 g/mol. The lowest BCUT2D eigenvalue weighted by molar-refractivity contribution is 0.0964. The first-order valence-corrected chi connectivity index (χ1v) is 8.11. The molecular formula is C18H15BrN2O3. The topological polar surface area (TPSA) is 71.3 Å². The van der Waals surface area contributed by atoms with Crippen LogP contribution in [0.4, 0.5) is 5.69 Å². The Bertz CT molecular complexity index is 947. The van der Waals surface area contributed by atoms with Crippen molar-refractivity contribution in [1.29, 1.82) is 0 Å². The summed E-state index contributed by atoms with van der Waals surface area (Å²) in [4.78, 5) is 24.5. The van der Waals surface area contributed by atoms with Crippen molar-refractivity contribution < 1.29 is 14.0 Å². The zero-order valence-corrected chi connectivity index (χ0v) is 14.7. The largest absolute Gasteiger partial charge is 0.451 e. The normalized spacial score (nSPS) is 10.6. The third kappa shape index (κ3) is 2.92. The number of amides is 2. The van der Waals surface area contributed by atoms with E-state index in [2.05, 4.69) is 26.6 Å². The van der Waals surface area contributed by atoms with Crippen LogP contribution in [0.25, 0.3) is 11.0 Å². The van der Waals surface area contributed by atoms with E-state index in [-0.39, 0.29) is 11.7 Å². The lowest BCUT2D eigenvalue weighted by Crippen LogP contribution is -2.21. The van der Waals surface area contributed by atoms with E-state index in [1.807, 2.05) is 25.1 Å². The van der Waals surface area contributed by atoms with Gasteiger partial charge in [-0.15, -0.1) is 0 Å². The molecule has 0 saturated carbocycles. The quantitative estimate of drug-likeness (QED) is 0.711. The van der Waals surface area contributed by atoms with Crippen LogP contribution < -0.4 is 10.6 Å². The molecule has 0 unspecified atom stereocenters. The van der Waals surface area contributed by atoms with Gasteiger partial charge in [-0.1, -0.05) is 28.1 Å². The van der Waals surface area contributed by atoms with E-state index in [1.165, 1.54) is 0 Å². The van der Waals surface area contributed by atoms with Crippen molar-refractivity contribution in [3.05, 3.63) is 63.8 Å². The second-order valence-corrected chi connectivity index (χ2v) is 6.19. The Morgan fingerprint density at radius 1 is 1.08 bits per heavy atom. The third-order valence-corrected chi connectivity index (χ3v) is 4.24. The predicted molar refractivity (Wildman–Crippen MR) is 96.4 cm³/mol. The highest BCUT2D eigenvalue weighted by atomic mass is 79.9. The number of halogens is 1. The van der Waals surface area contributed by atoms with E-state index in [0.29, 0.717) is 16.8 Å². The number of anilines is 1. The summed E-state index contributed by atoms with van der Waals surface area (Å²) >= 11 is 3.41. The first-order valence-electron chi connectivity index (χ1n) is 7.32. The maximum Gasteiger partial charge on any atom is 0.291 e. The highest BCUT2D eigenvalue weighted by Gasteiger charge is 2.20. The smallest absolute Gasteiger partial charge is 0.291 e. The molecule has 0 aliphatic carbocycles. The highest BCUT2D eigenvalue weighted by Crippen LogP contribution is 2.29. The summed E-state index contributed by atoms with van der Waals surface area (Å²) in [6.07, 6.45) is 0. The van der Waals surface area contributed by atoms with Crippen molar-refractivity contribution in [1.82, 2.24) is 5.32 Å². The van der Waals surface area contributed by atoms with Crippen LogP contribution in [0.2, 0.25) is 0 Å². The van der Waals surface area contributed by atoms with Crippen molar-refractivity contribution in [2.75, 3.05) is 12.4 Å². The summed E-state index contributed by atoms with van der Waals surface area (Å²) in [7, 11) is 1.54. The fourth-order valence-corrected chi connectivity index (χ4v) is 2.87. The SMILES string of the molecule is CNC(=O)c1ccccc1NC(=O)c1oc2ccc(Br)cc2c1C. The number of aryl methyl sites for hydroxylation is 1. The molecule has 122 valence electrons. The van der Waals surface area contributed by atoms with Crippen molar-refractivity contribution >= 4 is 44.4 Å². The van der Waals surface area contributed by atoms with Crippen LogP contribution in [0.15, 0.2) is 51.4 Å². The van der Waals surface area contributed by atoms with Crippen LogP contribution >= 0.6 is 15.9 Å². The predicted octanol–water partition coefficient (Wildman–Crippen LogP) is 4.12. The fraction of sp³-hybridized carbons (Fsp3) is 0.111. The highest BCUT2D eigenvalue weighted by molar-refractivity contribution is 9.10. The van der Waals surface area contributed by atoms with Crippen LogP contribution in [0.1, 0.15) is 26.5 Å². The number of benzene rings is 2. The third-order valence-electron chi connectivity index (χ3n) is 3.75. The molecule has 0 aliphatic heterocycles. The summed E-state index contributed by atoms with van der Waals surface area (Å²) in [5.74, 6) is -0.429. The lowest BCUT2D eigenvalue weighted by atomic mass is 10.1. The summed E-state index contributed by atoms with van der Waals surface area (Å²) in [6, 6.07) is 12.4. The van der Waals surface area contributed by atoms with E-state index in [4.69, 9.17) is 4.42 Å². The van der Waals surface area contributed by atoms with Gasteiger partial charge in [0.2, 0.25) is 0 Å². The number of para-hydroxylation sites is 1. The molecule has 0 aliphatic rings. The molecule has 6 heteroatoms. The Balaban J connectivity index is 1.97. The number of rotatable bonds is 3. The van der Waals surface area contributed by atoms with E-state index in [9.17, 15) is 9.59 Å². The number of fused-ring (bicyclic) bond motifs is 1. The number of carbonyl (C=O) groups excluding carboxylic acids is 2. The van der Waals surface area contributed by atoms with Gasteiger partial charge in [-0.3, -0.25) is 9.59 Å². The fourth-order valence-electron chi connectivity index (χ4n) is 2.51. The molecule has 2 amide bonds. The van der Waals surface area contributed by atoms with E-state index in [0.717, 1.165) is 15.4 Å². The molecule has 1 aromatic heterocycles. The lowest BCUT2D eigenvalue weighted by Gasteiger charge is -2.09. The number of hydrogen-bond acceptors (Lipinski definition) is 3. The molecule has 3 rings (SSSR count). The average molecular weight is 387 g/mol. The second kappa shape index (κ2) is 6.49. The van der Waals surface area contributed by atoms with E-state index >= 15 is 0 Å². The number of nitrogens with one attached hydrogen (secondary N) is 2. The Hall–Kier alpha value is -2.60. The van der Waals surface area contributed by atoms with Gasteiger partial charge < -0.3 is 15.1 Å². The first-order chi connectivity index (χ1) is 11.5. The van der Waals surface area contributed by atoms with Gasteiger partial charge in [0, 0.05) is 22.5 Å². The maximum absolute atomic E-state index is 12.6. The zero-order valence-electron chi connectivity index (χ0n) is 13.1. The minimum atomic E-state index is -0.392. The number of furan rings is 1. The summed E-state index contributed by atoms with van der Waals surface area (Å²) in [5.41, 5.74) is 2.22. The molecule has 0 atom stereocenters. The second-order valence-electron chi connectivity index (χ2n) is 5.28. The standard InChI is InChI=1S/C18H15BrN2O3/c1-10-13-9-11(19)7-8-15(13)24-16(10)18(23)21-14-6-4-3-5-12(14)17(22)20-2/h3-9H,1-2H3,(H,20,22)(H,21,23). The molecule has 1 heterocycles. The summed E-state index contributed by atoms with van der Waals surface area (Å²) < 4.78 is 6.59. The molecule has 0 saturated heterocycles. The minimum absolute atomic E-state index is 0.231. The van der Waals surface area contributed by atoms with Crippen LogP contribution in [0, 0.1) is 6.92 Å². The van der Waals surface area contributed by atoms with Crippen molar-refractivity contribution in [2.24, 2.45) is 0 Å². The summed E-state index contributed by atoms with van der Waals surface area (Å²) in [5, 5.41) is 6.18. The number of hydrogen-bond donors (Lipinski definition) is 2. The molecule has 0 fully saturated rings. The molecule has 3 aromatic rings. The van der Waals surface area contributed by atoms with Gasteiger partial charge >= 0.3 is 0 Å². The Kier molecular flexibility index (Phi) is 4.40. The van der Waals surface area contributed by atoms with Crippen LogP contribution in [0.3, 0.4) is 0 Å². The van der Waals surface area contributed by atoms with Crippen LogP contribution in [-0.2, 0) is 0 Å². The Labute approximate surface area is 147 Å². The number of carbonyl (C=O) groups is 2. The van der Waals surface area contributed by atoms with Gasteiger partial charge in [-0.25, -0.2) is 0 Å². The maximum atomic E-state index is 12.6. The van der Waals surface area contributed by atoms with Gasteiger partial charge in [0.25, 0.3) is 11.8 Å². The summed E-state index contributed by atoms with van der Waals surface area (Å²) in [6.45, 7) is 1.83. The molecule has 24 heavy (non-hydrogen) atoms. The molecule has 2 N–H and O–H groups in total. The molecule has 2 aromatic carbocycles. The molecule has 0 spiro atoms. The van der Waals surface area contributed by atoms with Crippen molar-refractivity contribution in [2.45, 2.75) is 6.92 Å². The van der Waals surface area contributed by atoms with E-state index < -0.39 is 5.91 Å². The molecule has 0 radical (unpaired) electrons. The van der Waals surface area contributed by atoms with Crippen molar-refractivity contribution in [3.8, 4) is 0 Å². The Morgan fingerprint density at radius 2 is 1.83 bits per heavy atom. The van der Waals surface area contributed by atoms with Gasteiger partial charge in [0.1, 0.15) is 5.58 Å². The van der Waals surface area contributed by atoms with Gasteiger partial charge in [0.05, 0.1) is 11.3 Å². The zero-order chi connectivity index (χ0) is 17.3. The molecular weight excluding hydrogens is 372 g/mol. The minimum Gasteiger partial charge on any atom is -0.451 e. The van der Waals surface area contributed by atoms with Crippen LogP contribution in [-0.4, -0.2) is 18.9 Å². The Morgan fingerprint density at radius 3 is 2.58 bits per heavy atom. The van der Waals surface area contributed by atoms with Crippen molar-refractivity contribution in [3.63, 3.8) is 0 Å². The van der Waals surface area contributed by atoms with Gasteiger partial charge in [-0.2, -0.15) is 0 Å². The van der Waals surface area contributed by atoms with Gasteiger partial charge in [0.15, 0.2) is 5.76 Å².